The minimum absolute atomic E-state index is 0. The molecule has 0 atom stereocenters. The lowest BCUT2D eigenvalue weighted by molar-refractivity contribution is 0.278. The molecule has 0 aromatic heterocycles. The van der Waals surface area contributed by atoms with E-state index in [1.165, 1.54) is 0 Å². The highest BCUT2D eigenvalue weighted by atomic mass is 19.0. The Bertz CT molecular complexity index is 13.5. The van der Waals surface area contributed by atoms with Gasteiger partial charge in [-0.2, -0.15) is 0 Å². The van der Waals surface area contributed by atoms with E-state index in [-0.39, 0.29) is 9.41 Å². The van der Waals surface area contributed by atoms with Crippen LogP contribution in [0, 0.1) is 0 Å². The molecule has 0 aliphatic carbocycles. The normalized spacial score (nSPS) is 4.50. The molecule has 0 aliphatic heterocycles. The number of halogens is 2. The SMILES string of the molecule is F.F.OB(O)O. The first kappa shape index (κ1) is 17.0. The molecule has 0 unspecified atom stereocenters. The molecule has 0 saturated heterocycles. The highest BCUT2D eigenvalue weighted by Gasteiger charge is 1.92. The Morgan fingerprint density at radius 1 is 0.833 bits per heavy atom. The third-order valence-electron chi connectivity index (χ3n) is 0. The van der Waals surface area contributed by atoms with Crippen LogP contribution >= 0.6 is 0 Å². The minimum Gasteiger partial charge on any atom is -0.402 e. The van der Waals surface area contributed by atoms with Gasteiger partial charge in [0.05, 0.1) is 0 Å². The molecule has 0 amide bonds. The van der Waals surface area contributed by atoms with Crippen molar-refractivity contribution in [2.45, 2.75) is 0 Å². The van der Waals surface area contributed by atoms with Gasteiger partial charge in [-0.05, 0) is 0 Å². The van der Waals surface area contributed by atoms with Gasteiger partial charge in [-0.1, -0.05) is 0 Å². The lowest BCUT2D eigenvalue weighted by Crippen LogP contribution is -2.07. The molecular weight excluding hydrogens is 96.8 g/mol. The smallest absolute Gasteiger partial charge is 0.402 e. The van der Waals surface area contributed by atoms with Gasteiger partial charge in [0.25, 0.3) is 0 Å². The van der Waals surface area contributed by atoms with Gasteiger partial charge in [-0.3, -0.25) is 9.41 Å². The molecule has 40 valence electrons. The minimum atomic E-state index is -2.17. The predicted octanol–water partition coefficient (Wildman–Crippen LogP) is -1.75. The van der Waals surface area contributed by atoms with Crippen molar-refractivity contribution in [3.8, 4) is 0 Å². The average Bonchev–Trinajstić information content (AvgIpc) is 0.811. The van der Waals surface area contributed by atoms with E-state index in [1.807, 2.05) is 0 Å². The number of hydrogen-bond donors (Lipinski definition) is 3. The topological polar surface area (TPSA) is 60.7 Å². The molecule has 3 N–H and O–H groups in total. The lowest BCUT2D eigenvalue weighted by Gasteiger charge is -1.69. The van der Waals surface area contributed by atoms with Crippen LogP contribution in [-0.2, 0) is 0 Å². The zero-order valence-corrected chi connectivity index (χ0v) is 2.74. The summed E-state index contributed by atoms with van der Waals surface area (Å²) in [7, 11) is -2.17. The molecule has 3 nitrogen and oxygen atoms in total. The first-order valence-electron chi connectivity index (χ1n) is 0.775. The van der Waals surface area contributed by atoms with Gasteiger partial charge in [-0.25, -0.2) is 0 Å². The van der Waals surface area contributed by atoms with Crippen LogP contribution in [0.2, 0.25) is 0 Å². The third kappa shape index (κ3) is 787. The molecular formula is H5BF2O3. The monoisotopic (exact) mass is 102 g/mol. The summed E-state index contributed by atoms with van der Waals surface area (Å²) in [6, 6.07) is 0. The first-order chi connectivity index (χ1) is 1.73. The summed E-state index contributed by atoms with van der Waals surface area (Å²) in [6.45, 7) is 0. The van der Waals surface area contributed by atoms with E-state index in [2.05, 4.69) is 0 Å². The van der Waals surface area contributed by atoms with E-state index in [0.717, 1.165) is 0 Å². The Balaban J connectivity index is -0.0000000450. The summed E-state index contributed by atoms with van der Waals surface area (Å²) in [4.78, 5) is 0. The Labute approximate surface area is 33.1 Å². The van der Waals surface area contributed by atoms with Crippen molar-refractivity contribution in [3.05, 3.63) is 0 Å². The van der Waals surface area contributed by atoms with E-state index in [1.54, 1.807) is 0 Å². The Hall–Kier alpha value is -0.195. The number of hydrogen-bond acceptors (Lipinski definition) is 3. The van der Waals surface area contributed by atoms with Crippen molar-refractivity contribution in [2.75, 3.05) is 0 Å². The fourth-order valence-electron chi connectivity index (χ4n) is 0. The maximum Gasteiger partial charge on any atom is 0.631 e. The van der Waals surface area contributed by atoms with Gasteiger partial charge in [0.1, 0.15) is 0 Å². The second kappa shape index (κ2) is 8.84. The molecule has 0 spiro atoms. The van der Waals surface area contributed by atoms with Crippen LogP contribution < -0.4 is 0 Å². The Kier molecular flexibility index (Phi) is 25.1. The van der Waals surface area contributed by atoms with Crippen molar-refractivity contribution in [3.63, 3.8) is 0 Å². The van der Waals surface area contributed by atoms with Crippen molar-refractivity contribution in [1.82, 2.24) is 0 Å². The predicted molar refractivity (Wildman–Crippen MR) is 17.4 cm³/mol. The lowest BCUT2D eigenvalue weighted by atomic mass is 10.3. The molecule has 6 heavy (non-hydrogen) atoms. The van der Waals surface area contributed by atoms with Crippen LogP contribution in [0.5, 0.6) is 0 Å². The van der Waals surface area contributed by atoms with Crippen LogP contribution in [0.4, 0.5) is 9.41 Å². The molecule has 0 bridgehead atoms. The molecule has 0 heterocycles. The largest absolute Gasteiger partial charge is 0.631 e. The molecule has 0 aliphatic rings. The van der Waals surface area contributed by atoms with Crippen molar-refractivity contribution in [1.29, 1.82) is 0 Å². The fourth-order valence-corrected chi connectivity index (χ4v) is 0. The molecule has 0 fully saturated rings. The van der Waals surface area contributed by atoms with Gasteiger partial charge in [0.2, 0.25) is 0 Å². The van der Waals surface area contributed by atoms with Gasteiger partial charge >= 0.3 is 7.32 Å². The molecule has 6 heteroatoms. The zero-order chi connectivity index (χ0) is 3.58. The molecule has 0 aromatic rings. The molecule has 0 saturated carbocycles. The number of rotatable bonds is 0. The summed E-state index contributed by atoms with van der Waals surface area (Å²) in [5.41, 5.74) is 0. The summed E-state index contributed by atoms with van der Waals surface area (Å²) in [6.07, 6.45) is 0. The Morgan fingerprint density at radius 3 is 0.833 bits per heavy atom. The van der Waals surface area contributed by atoms with Crippen LogP contribution in [-0.4, -0.2) is 22.4 Å². The van der Waals surface area contributed by atoms with Crippen molar-refractivity contribution < 1.29 is 24.5 Å². The van der Waals surface area contributed by atoms with E-state index in [4.69, 9.17) is 15.1 Å². The van der Waals surface area contributed by atoms with E-state index >= 15 is 0 Å². The maximum absolute atomic E-state index is 7.17. The second-order valence-corrected chi connectivity index (χ2v) is 0.346. The standard InChI is InChI=1S/BH3O3.2FH/c2-1(3)4;;/h2-4H;2*1H. The van der Waals surface area contributed by atoms with Crippen LogP contribution in [0.15, 0.2) is 0 Å². The highest BCUT2D eigenvalue weighted by molar-refractivity contribution is 6.30. The summed E-state index contributed by atoms with van der Waals surface area (Å²) < 4.78 is 0. The first-order valence-corrected chi connectivity index (χ1v) is 0.775. The van der Waals surface area contributed by atoms with Crippen molar-refractivity contribution in [2.24, 2.45) is 0 Å². The Morgan fingerprint density at radius 2 is 0.833 bits per heavy atom. The van der Waals surface area contributed by atoms with Crippen LogP contribution in [0.25, 0.3) is 0 Å². The van der Waals surface area contributed by atoms with Gasteiger partial charge in [-0.15, -0.1) is 0 Å². The molecule has 0 aromatic carbocycles. The average molecular weight is 102 g/mol. The van der Waals surface area contributed by atoms with Gasteiger partial charge < -0.3 is 15.1 Å². The summed E-state index contributed by atoms with van der Waals surface area (Å²) >= 11 is 0. The van der Waals surface area contributed by atoms with E-state index in [9.17, 15) is 0 Å². The quantitative estimate of drug-likeness (QED) is 0.318. The van der Waals surface area contributed by atoms with E-state index in [0.29, 0.717) is 0 Å². The van der Waals surface area contributed by atoms with Crippen molar-refractivity contribution >= 4 is 7.32 Å². The molecule has 0 radical (unpaired) electrons. The van der Waals surface area contributed by atoms with Crippen LogP contribution in [0.3, 0.4) is 0 Å². The summed E-state index contributed by atoms with van der Waals surface area (Å²) in [5, 5.41) is 21.5. The zero-order valence-electron chi connectivity index (χ0n) is 2.74. The fraction of sp³-hybridized carbons (Fsp3) is 0. The summed E-state index contributed by atoms with van der Waals surface area (Å²) in [5.74, 6) is 0. The second-order valence-electron chi connectivity index (χ2n) is 0.346. The maximum atomic E-state index is 7.17. The van der Waals surface area contributed by atoms with Crippen LogP contribution in [0.1, 0.15) is 0 Å². The third-order valence-corrected chi connectivity index (χ3v) is 0. The van der Waals surface area contributed by atoms with Gasteiger partial charge in [0.15, 0.2) is 0 Å². The van der Waals surface area contributed by atoms with Gasteiger partial charge in [0, 0.05) is 0 Å². The molecule has 0 rings (SSSR count). The highest BCUT2D eigenvalue weighted by Crippen LogP contribution is 1.40. The van der Waals surface area contributed by atoms with E-state index < -0.39 is 7.32 Å².